The van der Waals surface area contributed by atoms with Crippen LogP contribution < -0.4 is 0 Å². The lowest BCUT2D eigenvalue weighted by molar-refractivity contribution is -0.191. The molecule has 0 aromatic heterocycles. The highest BCUT2D eigenvalue weighted by atomic mass is 16.6. The van der Waals surface area contributed by atoms with E-state index in [1.165, 1.54) is 19.3 Å². The summed E-state index contributed by atoms with van der Waals surface area (Å²) in [6.07, 6.45) is 7.35. The van der Waals surface area contributed by atoms with Gasteiger partial charge in [-0.2, -0.15) is 0 Å². The Morgan fingerprint density at radius 1 is 1.19 bits per heavy atom. The molecule has 4 aliphatic carbocycles. The summed E-state index contributed by atoms with van der Waals surface area (Å²) >= 11 is 0. The van der Waals surface area contributed by atoms with Gasteiger partial charge in [-0.15, -0.1) is 0 Å². The summed E-state index contributed by atoms with van der Waals surface area (Å²) in [7, 11) is 0. The molecule has 4 bridgehead atoms. The lowest BCUT2D eigenvalue weighted by atomic mass is 9.47. The predicted octanol–water partition coefficient (Wildman–Crippen LogP) is 2.35. The van der Waals surface area contributed by atoms with Crippen LogP contribution in [0.2, 0.25) is 0 Å². The number of epoxide rings is 1. The molecular weight excluding hydrogens is 200 g/mol. The van der Waals surface area contributed by atoms with E-state index in [1.54, 1.807) is 0 Å². The monoisotopic (exact) mass is 222 g/mol. The van der Waals surface area contributed by atoms with Crippen LogP contribution in [0.5, 0.6) is 0 Å². The second-order valence-corrected chi connectivity index (χ2v) is 6.90. The second-order valence-electron chi connectivity index (χ2n) is 6.90. The van der Waals surface area contributed by atoms with Crippen LogP contribution in [0, 0.1) is 23.7 Å². The molecular formula is C14H22O2. The van der Waals surface area contributed by atoms with Crippen molar-refractivity contribution in [3.63, 3.8) is 0 Å². The summed E-state index contributed by atoms with van der Waals surface area (Å²) in [6.45, 7) is 3.13. The third-order valence-corrected chi connectivity index (χ3v) is 5.95. The Bertz CT molecular complexity index is 307. The van der Waals surface area contributed by atoms with Crippen LogP contribution in [0.15, 0.2) is 0 Å². The zero-order valence-corrected chi connectivity index (χ0v) is 10.1. The van der Waals surface area contributed by atoms with Crippen LogP contribution in [-0.2, 0) is 4.74 Å². The van der Waals surface area contributed by atoms with Crippen molar-refractivity contribution in [1.29, 1.82) is 0 Å². The van der Waals surface area contributed by atoms with Crippen LogP contribution in [0.1, 0.15) is 45.4 Å². The Hall–Kier alpha value is -0.0800. The van der Waals surface area contributed by atoms with E-state index in [9.17, 15) is 5.11 Å². The molecule has 16 heavy (non-hydrogen) atoms. The molecule has 0 aromatic rings. The molecule has 2 nitrogen and oxygen atoms in total. The lowest BCUT2D eigenvalue weighted by Crippen LogP contribution is -2.61. The van der Waals surface area contributed by atoms with Crippen molar-refractivity contribution in [3.05, 3.63) is 0 Å². The van der Waals surface area contributed by atoms with E-state index in [4.69, 9.17) is 4.74 Å². The Morgan fingerprint density at radius 3 is 2.25 bits per heavy atom. The maximum Gasteiger partial charge on any atom is 0.0971 e. The number of hydrogen-bond donors (Lipinski definition) is 1. The van der Waals surface area contributed by atoms with Crippen molar-refractivity contribution in [2.45, 2.75) is 56.7 Å². The Morgan fingerprint density at radius 2 is 1.81 bits per heavy atom. The molecule has 4 unspecified atom stereocenters. The molecule has 2 heteroatoms. The number of aliphatic hydroxyl groups is 1. The number of hydrogen-bond acceptors (Lipinski definition) is 2. The SMILES string of the molecule is CCC1(C2C3CC4CC(C3)CC2(O)C4)CO1. The third kappa shape index (κ3) is 1.10. The Balaban J connectivity index is 1.72. The quantitative estimate of drug-likeness (QED) is 0.727. The van der Waals surface area contributed by atoms with Gasteiger partial charge in [-0.3, -0.25) is 0 Å². The fraction of sp³-hybridized carbons (Fsp3) is 1.00. The minimum Gasteiger partial charge on any atom is -0.389 e. The first-order valence-electron chi connectivity index (χ1n) is 7.01. The molecule has 90 valence electrons. The van der Waals surface area contributed by atoms with Crippen molar-refractivity contribution in [3.8, 4) is 0 Å². The van der Waals surface area contributed by atoms with Gasteiger partial charge in [0, 0.05) is 5.92 Å². The van der Waals surface area contributed by atoms with E-state index in [0.717, 1.165) is 43.6 Å². The standard InChI is InChI=1S/C14H22O2/c1-2-14(8-16-14)12-11-4-9-3-10(5-11)7-13(12,15)6-9/h9-12,15H,2-8H2,1H3. The normalized spacial score (nSPS) is 62.6. The summed E-state index contributed by atoms with van der Waals surface area (Å²) < 4.78 is 5.78. The molecule has 5 fully saturated rings. The summed E-state index contributed by atoms with van der Waals surface area (Å²) in [5, 5.41) is 11.0. The highest BCUT2D eigenvalue weighted by Gasteiger charge is 2.66. The topological polar surface area (TPSA) is 32.8 Å². The summed E-state index contributed by atoms with van der Waals surface area (Å²) in [4.78, 5) is 0. The molecule has 1 N–H and O–H groups in total. The molecule has 0 radical (unpaired) electrons. The molecule has 4 saturated carbocycles. The minimum absolute atomic E-state index is 0.0761. The van der Waals surface area contributed by atoms with Crippen LogP contribution in [0.4, 0.5) is 0 Å². The van der Waals surface area contributed by atoms with Gasteiger partial charge in [0.2, 0.25) is 0 Å². The van der Waals surface area contributed by atoms with Gasteiger partial charge in [-0.05, 0) is 56.3 Å². The van der Waals surface area contributed by atoms with Gasteiger partial charge in [0.1, 0.15) is 0 Å². The van der Waals surface area contributed by atoms with Gasteiger partial charge >= 0.3 is 0 Å². The average Bonchev–Trinajstić information content (AvgIpc) is 2.95. The fourth-order valence-electron chi connectivity index (χ4n) is 5.61. The Labute approximate surface area is 97.4 Å². The molecule has 1 aliphatic heterocycles. The summed E-state index contributed by atoms with van der Waals surface area (Å²) in [5.74, 6) is 2.87. The maximum absolute atomic E-state index is 11.0. The molecule has 4 atom stereocenters. The third-order valence-electron chi connectivity index (χ3n) is 5.95. The molecule has 0 amide bonds. The first-order valence-corrected chi connectivity index (χ1v) is 7.01. The smallest absolute Gasteiger partial charge is 0.0971 e. The van der Waals surface area contributed by atoms with Crippen molar-refractivity contribution < 1.29 is 9.84 Å². The molecule has 1 saturated heterocycles. The molecule has 0 spiro atoms. The molecule has 5 rings (SSSR count). The predicted molar refractivity (Wildman–Crippen MR) is 61.0 cm³/mol. The van der Waals surface area contributed by atoms with Gasteiger partial charge in [0.25, 0.3) is 0 Å². The van der Waals surface area contributed by atoms with Crippen LogP contribution in [0.3, 0.4) is 0 Å². The van der Waals surface area contributed by atoms with Crippen LogP contribution >= 0.6 is 0 Å². The van der Waals surface area contributed by atoms with Crippen molar-refractivity contribution >= 4 is 0 Å². The van der Waals surface area contributed by atoms with E-state index < -0.39 is 0 Å². The average molecular weight is 222 g/mol. The van der Waals surface area contributed by atoms with E-state index in [0.29, 0.717) is 5.92 Å². The Kier molecular flexibility index (Phi) is 1.76. The van der Waals surface area contributed by atoms with E-state index in [-0.39, 0.29) is 11.2 Å². The first kappa shape index (κ1) is 9.90. The van der Waals surface area contributed by atoms with Gasteiger partial charge in [0.15, 0.2) is 0 Å². The van der Waals surface area contributed by atoms with Gasteiger partial charge in [-0.1, -0.05) is 6.92 Å². The highest BCUT2D eigenvalue weighted by molar-refractivity contribution is 5.15. The zero-order valence-electron chi connectivity index (χ0n) is 10.1. The van der Waals surface area contributed by atoms with Gasteiger partial charge < -0.3 is 9.84 Å². The van der Waals surface area contributed by atoms with E-state index in [1.807, 2.05) is 0 Å². The first-order chi connectivity index (χ1) is 7.65. The zero-order chi connectivity index (χ0) is 11.0. The molecule has 1 heterocycles. The highest BCUT2D eigenvalue weighted by Crippen LogP contribution is 2.64. The fourth-order valence-corrected chi connectivity index (χ4v) is 5.61. The number of rotatable bonds is 2. The van der Waals surface area contributed by atoms with Crippen molar-refractivity contribution in [2.75, 3.05) is 6.61 Å². The van der Waals surface area contributed by atoms with E-state index in [2.05, 4.69) is 6.92 Å². The largest absolute Gasteiger partial charge is 0.389 e. The lowest BCUT2D eigenvalue weighted by Gasteiger charge is -2.60. The molecule has 5 aliphatic rings. The van der Waals surface area contributed by atoms with Gasteiger partial charge in [0.05, 0.1) is 17.8 Å². The van der Waals surface area contributed by atoms with E-state index >= 15 is 0 Å². The maximum atomic E-state index is 11.0. The summed E-state index contributed by atoms with van der Waals surface area (Å²) in [6, 6.07) is 0. The second kappa shape index (κ2) is 2.84. The van der Waals surface area contributed by atoms with Crippen LogP contribution in [-0.4, -0.2) is 22.9 Å². The minimum atomic E-state index is -0.360. The van der Waals surface area contributed by atoms with Crippen LogP contribution in [0.25, 0.3) is 0 Å². The van der Waals surface area contributed by atoms with Crippen molar-refractivity contribution in [1.82, 2.24) is 0 Å². The van der Waals surface area contributed by atoms with Gasteiger partial charge in [-0.25, -0.2) is 0 Å². The van der Waals surface area contributed by atoms with Crippen molar-refractivity contribution in [2.24, 2.45) is 23.7 Å². The molecule has 0 aromatic carbocycles. The number of ether oxygens (including phenoxy) is 1. The summed E-state index contributed by atoms with van der Waals surface area (Å²) in [5.41, 5.74) is -0.284.